The van der Waals surface area contributed by atoms with Crippen LogP contribution in [0, 0.1) is 5.92 Å². The van der Waals surface area contributed by atoms with Crippen molar-refractivity contribution in [2.45, 2.75) is 20.8 Å². The Labute approximate surface area is 90.9 Å². The minimum atomic E-state index is -0.938. The lowest BCUT2D eigenvalue weighted by Gasteiger charge is -2.07. The molecular weight excluding hydrogens is 196 g/mol. The molecule has 0 aromatic rings. The molecule has 0 saturated heterocycles. The predicted molar refractivity (Wildman–Crippen MR) is 57.9 cm³/mol. The number of ether oxygens (including phenoxy) is 2. The van der Waals surface area contributed by atoms with E-state index in [-0.39, 0.29) is 0 Å². The lowest BCUT2D eigenvalue weighted by Crippen LogP contribution is -2.09. The third kappa shape index (κ3) is 11.1. The van der Waals surface area contributed by atoms with Crippen LogP contribution in [0.4, 0.5) is 0 Å². The van der Waals surface area contributed by atoms with Crippen LogP contribution in [0.3, 0.4) is 0 Å². The zero-order chi connectivity index (χ0) is 11.7. The highest BCUT2D eigenvalue weighted by Gasteiger charge is 1.96. The van der Waals surface area contributed by atoms with E-state index in [4.69, 9.17) is 14.6 Å². The van der Waals surface area contributed by atoms with E-state index in [1.165, 1.54) is 0 Å². The van der Waals surface area contributed by atoms with E-state index >= 15 is 0 Å². The second-order valence-electron chi connectivity index (χ2n) is 3.85. The van der Waals surface area contributed by atoms with Crippen molar-refractivity contribution >= 4 is 5.97 Å². The van der Waals surface area contributed by atoms with Crippen LogP contribution >= 0.6 is 0 Å². The minimum absolute atomic E-state index is 0.345. The third-order valence-corrected chi connectivity index (χ3v) is 1.52. The Morgan fingerprint density at radius 1 is 1.33 bits per heavy atom. The van der Waals surface area contributed by atoms with E-state index < -0.39 is 5.97 Å². The molecule has 0 spiro atoms. The first kappa shape index (κ1) is 14.1. The summed E-state index contributed by atoms with van der Waals surface area (Å²) in [6.07, 6.45) is 1.15. The molecule has 0 unspecified atom stereocenters. The first-order valence-corrected chi connectivity index (χ1v) is 5.08. The maximum atomic E-state index is 10.3. The first-order chi connectivity index (χ1) is 7.02. The van der Waals surface area contributed by atoms with Crippen LogP contribution in [0.2, 0.25) is 0 Å². The van der Waals surface area contributed by atoms with Crippen molar-refractivity contribution in [3.05, 3.63) is 11.6 Å². The summed E-state index contributed by atoms with van der Waals surface area (Å²) < 4.78 is 10.5. The van der Waals surface area contributed by atoms with Crippen molar-refractivity contribution in [3.8, 4) is 0 Å². The van der Waals surface area contributed by atoms with Gasteiger partial charge in [-0.25, -0.2) is 4.79 Å². The van der Waals surface area contributed by atoms with Gasteiger partial charge in [0.25, 0.3) is 0 Å². The molecule has 0 bridgehead atoms. The molecule has 0 aromatic carbocycles. The van der Waals surface area contributed by atoms with Crippen LogP contribution in [-0.2, 0) is 14.3 Å². The van der Waals surface area contributed by atoms with Gasteiger partial charge in [0, 0.05) is 12.7 Å². The maximum absolute atomic E-state index is 10.3. The fourth-order valence-electron chi connectivity index (χ4n) is 0.922. The topological polar surface area (TPSA) is 55.8 Å². The molecule has 0 saturated carbocycles. The molecule has 0 rings (SSSR count). The highest BCUT2D eigenvalue weighted by atomic mass is 16.5. The summed E-state index contributed by atoms with van der Waals surface area (Å²) in [6, 6.07) is 0. The molecule has 0 radical (unpaired) electrons. The standard InChI is InChI=1S/C11H20O4/c1-9(2)7-14-4-5-15-8-10(3)6-11(12)13/h6,9H,4-5,7-8H2,1-3H3,(H,12,13). The predicted octanol–water partition coefficient (Wildman–Crippen LogP) is 1.71. The summed E-state index contributed by atoms with van der Waals surface area (Å²) in [6.45, 7) is 8.02. The Morgan fingerprint density at radius 2 is 1.93 bits per heavy atom. The van der Waals surface area contributed by atoms with Gasteiger partial charge < -0.3 is 14.6 Å². The van der Waals surface area contributed by atoms with E-state index in [2.05, 4.69) is 13.8 Å². The lowest BCUT2D eigenvalue weighted by molar-refractivity contribution is -0.131. The summed E-state index contributed by atoms with van der Waals surface area (Å²) in [5.41, 5.74) is 0.700. The third-order valence-electron chi connectivity index (χ3n) is 1.52. The molecule has 0 fully saturated rings. The van der Waals surface area contributed by atoms with Crippen LogP contribution < -0.4 is 0 Å². The molecule has 0 aromatic heterocycles. The van der Waals surface area contributed by atoms with Crippen LogP contribution in [0.15, 0.2) is 11.6 Å². The second kappa shape index (κ2) is 8.44. The fraction of sp³-hybridized carbons (Fsp3) is 0.727. The molecule has 0 atom stereocenters. The van der Waals surface area contributed by atoms with Crippen LogP contribution in [0.25, 0.3) is 0 Å². The van der Waals surface area contributed by atoms with Crippen LogP contribution in [-0.4, -0.2) is 37.5 Å². The van der Waals surface area contributed by atoms with E-state index in [1.54, 1.807) is 6.92 Å². The van der Waals surface area contributed by atoms with Gasteiger partial charge in [-0.1, -0.05) is 13.8 Å². The van der Waals surface area contributed by atoms with Crippen molar-refractivity contribution in [1.82, 2.24) is 0 Å². The Balaban J connectivity index is 3.35. The van der Waals surface area contributed by atoms with E-state index in [0.717, 1.165) is 12.7 Å². The van der Waals surface area contributed by atoms with E-state index in [9.17, 15) is 4.79 Å². The van der Waals surface area contributed by atoms with Gasteiger partial charge in [-0.15, -0.1) is 0 Å². The smallest absolute Gasteiger partial charge is 0.328 e. The van der Waals surface area contributed by atoms with E-state index in [1.807, 2.05) is 0 Å². The minimum Gasteiger partial charge on any atom is -0.478 e. The SMILES string of the molecule is CC(=CC(=O)O)COCCOCC(C)C. The summed E-state index contributed by atoms with van der Waals surface area (Å²) in [5, 5.41) is 8.43. The van der Waals surface area contributed by atoms with Gasteiger partial charge in [0.05, 0.1) is 19.8 Å². The number of carboxylic acids is 1. The molecule has 4 heteroatoms. The second-order valence-corrected chi connectivity index (χ2v) is 3.85. The molecule has 0 aliphatic carbocycles. The van der Waals surface area contributed by atoms with Gasteiger partial charge in [-0.3, -0.25) is 0 Å². The Bertz CT molecular complexity index is 209. The largest absolute Gasteiger partial charge is 0.478 e. The first-order valence-electron chi connectivity index (χ1n) is 5.08. The molecular formula is C11H20O4. The molecule has 1 N–H and O–H groups in total. The Kier molecular flexibility index (Phi) is 7.95. The molecule has 15 heavy (non-hydrogen) atoms. The summed E-state index contributed by atoms with van der Waals surface area (Å²) in [5.74, 6) is -0.411. The van der Waals surface area contributed by atoms with Crippen LogP contribution in [0.1, 0.15) is 20.8 Å². The highest BCUT2D eigenvalue weighted by Crippen LogP contribution is 1.95. The summed E-state index contributed by atoms with van der Waals surface area (Å²) >= 11 is 0. The van der Waals surface area contributed by atoms with Gasteiger partial charge in [-0.2, -0.15) is 0 Å². The molecule has 88 valence electrons. The monoisotopic (exact) mass is 216 g/mol. The normalized spacial score (nSPS) is 12.1. The lowest BCUT2D eigenvalue weighted by atomic mass is 10.2. The van der Waals surface area contributed by atoms with Crippen LogP contribution in [0.5, 0.6) is 0 Å². The number of aliphatic carboxylic acids is 1. The maximum Gasteiger partial charge on any atom is 0.328 e. The molecule has 0 aliphatic rings. The van der Waals surface area contributed by atoms with Gasteiger partial charge in [0.1, 0.15) is 0 Å². The zero-order valence-electron chi connectivity index (χ0n) is 9.66. The number of hydrogen-bond acceptors (Lipinski definition) is 3. The van der Waals surface area contributed by atoms with Crippen molar-refractivity contribution in [2.75, 3.05) is 26.4 Å². The number of carbonyl (C=O) groups is 1. The number of hydrogen-bond donors (Lipinski definition) is 1. The Morgan fingerprint density at radius 3 is 2.47 bits per heavy atom. The molecule has 0 aliphatic heterocycles. The van der Waals surface area contributed by atoms with Crippen molar-refractivity contribution in [3.63, 3.8) is 0 Å². The average Bonchev–Trinajstić information content (AvgIpc) is 2.09. The van der Waals surface area contributed by atoms with Gasteiger partial charge in [-0.05, 0) is 18.4 Å². The summed E-state index contributed by atoms with van der Waals surface area (Å²) in [7, 11) is 0. The zero-order valence-corrected chi connectivity index (χ0v) is 9.66. The van der Waals surface area contributed by atoms with Crippen molar-refractivity contribution in [1.29, 1.82) is 0 Å². The molecule has 0 amide bonds. The van der Waals surface area contributed by atoms with Gasteiger partial charge in [0.2, 0.25) is 0 Å². The quantitative estimate of drug-likeness (QED) is 0.495. The fourth-order valence-corrected chi connectivity index (χ4v) is 0.922. The summed E-state index contributed by atoms with van der Waals surface area (Å²) in [4.78, 5) is 10.3. The van der Waals surface area contributed by atoms with E-state index in [0.29, 0.717) is 31.3 Å². The van der Waals surface area contributed by atoms with Crippen molar-refractivity contribution < 1.29 is 19.4 Å². The number of carboxylic acid groups (broad SMARTS) is 1. The Hall–Kier alpha value is -0.870. The van der Waals surface area contributed by atoms with Gasteiger partial charge in [0.15, 0.2) is 0 Å². The van der Waals surface area contributed by atoms with Crippen molar-refractivity contribution in [2.24, 2.45) is 5.92 Å². The highest BCUT2D eigenvalue weighted by molar-refractivity contribution is 5.80. The average molecular weight is 216 g/mol. The van der Waals surface area contributed by atoms with Gasteiger partial charge >= 0.3 is 5.97 Å². The molecule has 4 nitrogen and oxygen atoms in total. The molecule has 0 heterocycles. The number of rotatable bonds is 8.